The van der Waals surface area contributed by atoms with Gasteiger partial charge >= 0.3 is 0 Å². The minimum atomic E-state index is -0.389. The van der Waals surface area contributed by atoms with Gasteiger partial charge in [0.05, 0.1) is 5.69 Å². The molecule has 3 heteroatoms. The maximum Gasteiger partial charge on any atom is 0.269 e. The summed E-state index contributed by atoms with van der Waals surface area (Å²) in [6, 6.07) is 5.98. The summed E-state index contributed by atoms with van der Waals surface area (Å²) < 4.78 is 6.78. The topological polar surface area (TPSA) is 21.6 Å². The molecule has 0 spiro atoms. The minimum absolute atomic E-state index is 0.389. The Labute approximate surface area is 104 Å². The highest BCUT2D eigenvalue weighted by molar-refractivity contribution is 9.10. The number of hydrogen-bond donors (Lipinski definition) is 0. The van der Waals surface area contributed by atoms with Crippen LogP contribution >= 0.6 is 15.9 Å². The molecular weight excluding hydrogens is 266 g/mol. The zero-order valence-corrected chi connectivity index (χ0v) is 11.1. The molecule has 0 aliphatic carbocycles. The van der Waals surface area contributed by atoms with E-state index in [-0.39, 0.29) is 5.60 Å². The van der Waals surface area contributed by atoms with Crippen LogP contribution in [0.5, 0.6) is 0 Å². The Bertz CT molecular complexity index is 520. The first kappa shape index (κ1) is 11.2. The molecule has 0 saturated heterocycles. The Morgan fingerprint density at radius 2 is 2.12 bits per heavy atom. The van der Waals surface area contributed by atoms with Gasteiger partial charge in [0.25, 0.3) is 5.90 Å². The summed E-state index contributed by atoms with van der Waals surface area (Å²) >= 11 is 3.46. The van der Waals surface area contributed by atoms with Crippen LogP contribution in [0.1, 0.15) is 26.3 Å². The molecule has 0 fully saturated rings. The highest BCUT2D eigenvalue weighted by atomic mass is 79.9. The van der Waals surface area contributed by atoms with Crippen molar-refractivity contribution in [1.82, 2.24) is 0 Å². The number of fused-ring (bicyclic) bond motifs is 1. The standard InChI is InChI=1S/C13H12BrNO/c1-4-5-12-15-11-7-6-9(14)8-10(11)13(2,3)16-12/h6-8H,1-3H3. The first-order valence-corrected chi connectivity index (χ1v) is 5.83. The van der Waals surface area contributed by atoms with E-state index in [9.17, 15) is 0 Å². The lowest BCUT2D eigenvalue weighted by Gasteiger charge is -2.30. The number of halogens is 1. The lowest BCUT2D eigenvalue weighted by molar-refractivity contribution is 0.0932. The van der Waals surface area contributed by atoms with Crippen molar-refractivity contribution in [2.45, 2.75) is 26.4 Å². The van der Waals surface area contributed by atoms with Gasteiger partial charge < -0.3 is 4.74 Å². The van der Waals surface area contributed by atoms with Crippen LogP contribution in [0.2, 0.25) is 0 Å². The molecule has 0 N–H and O–H groups in total. The monoisotopic (exact) mass is 277 g/mol. The predicted molar refractivity (Wildman–Crippen MR) is 68.8 cm³/mol. The minimum Gasteiger partial charge on any atom is -0.460 e. The molecule has 16 heavy (non-hydrogen) atoms. The molecule has 1 aliphatic rings. The third-order valence-electron chi connectivity index (χ3n) is 2.41. The number of nitrogens with zero attached hydrogens (tertiary/aromatic N) is 1. The summed E-state index contributed by atoms with van der Waals surface area (Å²) in [4.78, 5) is 4.37. The fraction of sp³-hybridized carbons (Fsp3) is 0.308. The van der Waals surface area contributed by atoms with Gasteiger partial charge in [-0.2, -0.15) is 0 Å². The van der Waals surface area contributed by atoms with Gasteiger partial charge in [-0.05, 0) is 44.9 Å². The van der Waals surface area contributed by atoms with Crippen LogP contribution in [-0.4, -0.2) is 5.90 Å². The predicted octanol–water partition coefficient (Wildman–Crippen LogP) is 3.77. The van der Waals surface area contributed by atoms with Gasteiger partial charge in [0.2, 0.25) is 0 Å². The molecule has 0 bridgehead atoms. The lowest BCUT2D eigenvalue weighted by Crippen LogP contribution is -2.28. The first-order valence-electron chi connectivity index (χ1n) is 5.03. The van der Waals surface area contributed by atoms with E-state index in [0.29, 0.717) is 5.90 Å². The summed E-state index contributed by atoms with van der Waals surface area (Å²) in [6.07, 6.45) is 0. The Morgan fingerprint density at radius 3 is 2.81 bits per heavy atom. The number of hydrogen-bond acceptors (Lipinski definition) is 2. The second kappa shape index (κ2) is 3.95. The van der Waals surface area contributed by atoms with Crippen molar-refractivity contribution >= 4 is 27.5 Å². The van der Waals surface area contributed by atoms with Crippen molar-refractivity contribution < 1.29 is 4.74 Å². The smallest absolute Gasteiger partial charge is 0.269 e. The van der Waals surface area contributed by atoms with Crippen LogP contribution in [0.25, 0.3) is 0 Å². The summed E-state index contributed by atoms with van der Waals surface area (Å²) in [5.41, 5.74) is 1.61. The zero-order chi connectivity index (χ0) is 11.8. The fourth-order valence-electron chi connectivity index (χ4n) is 1.68. The Kier molecular flexibility index (Phi) is 2.77. The highest BCUT2D eigenvalue weighted by Crippen LogP contribution is 2.38. The van der Waals surface area contributed by atoms with Gasteiger partial charge in [-0.1, -0.05) is 21.9 Å². The van der Waals surface area contributed by atoms with Crippen LogP contribution in [0.3, 0.4) is 0 Å². The molecule has 1 aromatic carbocycles. The van der Waals surface area contributed by atoms with Crippen molar-refractivity contribution in [1.29, 1.82) is 0 Å². The van der Waals surface area contributed by atoms with E-state index in [2.05, 4.69) is 32.8 Å². The summed E-state index contributed by atoms with van der Waals surface area (Å²) in [5.74, 6) is 6.15. The molecule has 0 atom stereocenters. The van der Waals surface area contributed by atoms with Crippen molar-refractivity contribution in [2.24, 2.45) is 4.99 Å². The Morgan fingerprint density at radius 1 is 1.38 bits per heavy atom. The molecule has 2 rings (SSSR count). The molecule has 0 unspecified atom stereocenters. The van der Waals surface area contributed by atoms with Crippen molar-refractivity contribution in [2.75, 3.05) is 0 Å². The van der Waals surface area contributed by atoms with Gasteiger partial charge in [0, 0.05) is 10.0 Å². The largest absolute Gasteiger partial charge is 0.460 e. The Balaban J connectivity index is 2.59. The fourth-order valence-corrected chi connectivity index (χ4v) is 2.04. The molecule has 0 amide bonds. The van der Waals surface area contributed by atoms with Crippen molar-refractivity contribution in [3.05, 3.63) is 28.2 Å². The van der Waals surface area contributed by atoms with E-state index in [4.69, 9.17) is 4.74 Å². The van der Waals surface area contributed by atoms with Gasteiger partial charge in [0.15, 0.2) is 0 Å². The second-order valence-electron chi connectivity index (χ2n) is 4.07. The van der Waals surface area contributed by atoms with Gasteiger partial charge in [-0.15, -0.1) is 0 Å². The van der Waals surface area contributed by atoms with E-state index < -0.39 is 0 Å². The van der Waals surface area contributed by atoms with Gasteiger partial charge in [-0.25, -0.2) is 4.99 Å². The van der Waals surface area contributed by atoms with Gasteiger partial charge in [-0.3, -0.25) is 0 Å². The van der Waals surface area contributed by atoms with Crippen LogP contribution < -0.4 is 0 Å². The van der Waals surface area contributed by atoms with E-state index in [1.165, 1.54) is 0 Å². The highest BCUT2D eigenvalue weighted by Gasteiger charge is 2.30. The molecule has 1 heterocycles. The third-order valence-corrected chi connectivity index (χ3v) is 2.91. The molecule has 1 aliphatic heterocycles. The zero-order valence-electron chi connectivity index (χ0n) is 9.47. The van der Waals surface area contributed by atoms with Crippen LogP contribution in [0.15, 0.2) is 27.7 Å². The quantitative estimate of drug-likeness (QED) is 0.662. The maximum absolute atomic E-state index is 5.75. The SMILES string of the molecule is CC#CC1=Nc2ccc(Br)cc2C(C)(C)O1. The molecule has 82 valence electrons. The van der Waals surface area contributed by atoms with Crippen LogP contribution in [-0.2, 0) is 10.3 Å². The molecule has 1 aromatic rings. The average Bonchev–Trinajstić information content (AvgIpc) is 2.19. The molecule has 2 nitrogen and oxygen atoms in total. The van der Waals surface area contributed by atoms with E-state index in [0.717, 1.165) is 15.7 Å². The lowest BCUT2D eigenvalue weighted by atomic mass is 9.95. The molecular formula is C13H12BrNO. The number of ether oxygens (including phenoxy) is 1. The van der Waals surface area contributed by atoms with Crippen molar-refractivity contribution in [3.8, 4) is 11.8 Å². The number of aliphatic imine (C=N–C) groups is 1. The van der Waals surface area contributed by atoms with E-state index in [1.807, 2.05) is 32.0 Å². The number of benzene rings is 1. The summed E-state index contributed by atoms with van der Waals surface area (Å²) in [5, 5.41) is 0. The maximum atomic E-state index is 5.75. The summed E-state index contributed by atoms with van der Waals surface area (Å²) in [6.45, 7) is 5.81. The molecule has 0 aromatic heterocycles. The first-order chi connectivity index (χ1) is 7.53. The van der Waals surface area contributed by atoms with E-state index in [1.54, 1.807) is 6.92 Å². The Hall–Kier alpha value is -1.27. The molecule has 0 radical (unpaired) electrons. The second-order valence-corrected chi connectivity index (χ2v) is 4.98. The summed E-state index contributed by atoms with van der Waals surface area (Å²) in [7, 11) is 0. The van der Waals surface area contributed by atoms with Crippen LogP contribution in [0.4, 0.5) is 5.69 Å². The normalized spacial score (nSPS) is 16.4. The third kappa shape index (κ3) is 1.98. The average molecular weight is 278 g/mol. The van der Waals surface area contributed by atoms with Gasteiger partial charge in [0.1, 0.15) is 5.60 Å². The van der Waals surface area contributed by atoms with Crippen molar-refractivity contribution in [3.63, 3.8) is 0 Å². The van der Waals surface area contributed by atoms with Crippen LogP contribution in [0, 0.1) is 11.8 Å². The molecule has 0 saturated carbocycles. The number of rotatable bonds is 0. The van der Waals surface area contributed by atoms with E-state index >= 15 is 0 Å².